The topological polar surface area (TPSA) is 17.1 Å². The Hall–Kier alpha value is -0.760. The van der Waals surface area contributed by atoms with Crippen molar-refractivity contribution in [1.82, 2.24) is 0 Å². The molecule has 1 unspecified atom stereocenters. The van der Waals surface area contributed by atoms with Gasteiger partial charge >= 0.3 is 0 Å². The van der Waals surface area contributed by atoms with Crippen LogP contribution in [0.4, 0.5) is 0 Å². The van der Waals surface area contributed by atoms with Crippen LogP contribution in [0.25, 0.3) is 0 Å². The van der Waals surface area contributed by atoms with Crippen molar-refractivity contribution >= 4 is 17.5 Å². The summed E-state index contributed by atoms with van der Waals surface area (Å²) < 4.78 is 0. The maximum Gasteiger partial charge on any atom is 0.143 e. The summed E-state index contributed by atoms with van der Waals surface area (Å²) in [6, 6.07) is 8.54. The maximum absolute atomic E-state index is 12.0. The second-order valence-corrected chi connectivity index (χ2v) is 6.85. The molecule has 2 aliphatic carbocycles. The highest BCUT2D eigenvalue weighted by Crippen LogP contribution is 2.38. The lowest BCUT2D eigenvalue weighted by atomic mass is 9.75. The Labute approximate surface area is 113 Å². The minimum atomic E-state index is 0.450. The molecule has 3 rings (SSSR count). The summed E-state index contributed by atoms with van der Waals surface area (Å²) in [5.74, 6) is 1.70. The first-order valence-electron chi connectivity index (χ1n) is 7.04. The SMILES string of the molecule is O=C(CSC1CCCC1)CC1Cc2ccccc21. The zero-order valence-corrected chi connectivity index (χ0v) is 11.5. The molecule has 2 aliphatic rings. The molecule has 0 spiro atoms. The zero-order chi connectivity index (χ0) is 12.4. The standard InChI is InChI=1S/C16H20OS/c17-14(11-18-15-6-2-3-7-15)10-13-9-12-5-1-4-8-16(12)13/h1,4-5,8,13,15H,2-3,6-7,9-11H2. The highest BCUT2D eigenvalue weighted by Gasteiger charge is 2.27. The Kier molecular flexibility index (Phi) is 3.74. The Balaban J connectivity index is 1.45. The smallest absolute Gasteiger partial charge is 0.143 e. The van der Waals surface area contributed by atoms with E-state index in [9.17, 15) is 4.79 Å². The lowest BCUT2D eigenvalue weighted by Gasteiger charge is -2.29. The first-order valence-corrected chi connectivity index (χ1v) is 8.09. The van der Waals surface area contributed by atoms with E-state index < -0.39 is 0 Å². The number of carbonyl (C=O) groups is 1. The summed E-state index contributed by atoms with van der Waals surface area (Å²) in [6.07, 6.45) is 7.24. The van der Waals surface area contributed by atoms with Gasteiger partial charge in [0.15, 0.2) is 0 Å². The van der Waals surface area contributed by atoms with Crippen LogP contribution in [0.5, 0.6) is 0 Å². The van der Waals surface area contributed by atoms with E-state index in [1.807, 2.05) is 11.8 Å². The molecule has 18 heavy (non-hydrogen) atoms. The van der Waals surface area contributed by atoms with Gasteiger partial charge in [0, 0.05) is 11.7 Å². The van der Waals surface area contributed by atoms with E-state index in [4.69, 9.17) is 0 Å². The lowest BCUT2D eigenvalue weighted by molar-refractivity contribution is -0.117. The van der Waals surface area contributed by atoms with Gasteiger partial charge in [0.25, 0.3) is 0 Å². The summed E-state index contributed by atoms with van der Waals surface area (Å²) in [6.45, 7) is 0. The number of rotatable bonds is 5. The van der Waals surface area contributed by atoms with E-state index >= 15 is 0 Å². The van der Waals surface area contributed by atoms with Crippen LogP contribution in [0.3, 0.4) is 0 Å². The number of carbonyl (C=O) groups excluding carboxylic acids is 1. The summed E-state index contributed by atoms with van der Waals surface area (Å²) in [7, 11) is 0. The third kappa shape index (κ3) is 2.64. The summed E-state index contributed by atoms with van der Waals surface area (Å²) in [5, 5.41) is 0.766. The van der Waals surface area contributed by atoms with Crippen molar-refractivity contribution < 1.29 is 4.79 Å². The molecule has 1 aromatic carbocycles. The second kappa shape index (κ2) is 5.48. The molecular formula is C16H20OS. The van der Waals surface area contributed by atoms with Crippen LogP contribution >= 0.6 is 11.8 Å². The van der Waals surface area contributed by atoms with Crippen molar-refractivity contribution in [3.8, 4) is 0 Å². The van der Waals surface area contributed by atoms with Gasteiger partial charge in [0.2, 0.25) is 0 Å². The highest BCUT2D eigenvalue weighted by atomic mass is 32.2. The Morgan fingerprint density at radius 1 is 1.22 bits per heavy atom. The molecule has 1 fully saturated rings. The predicted octanol–water partition coefficient (Wildman–Crippen LogP) is 3.96. The van der Waals surface area contributed by atoms with Gasteiger partial charge in [0.1, 0.15) is 5.78 Å². The molecule has 2 heteroatoms. The fourth-order valence-corrected chi connectivity index (χ4v) is 4.35. The van der Waals surface area contributed by atoms with Crippen LogP contribution in [0, 0.1) is 0 Å². The monoisotopic (exact) mass is 260 g/mol. The van der Waals surface area contributed by atoms with Crippen molar-refractivity contribution in [3.05, 3.63) is 35.4 Å². The van der Waals surface area contributed by atoms with Crippen LogP contribution in [-0.2, 0) is 11.2 Å². The molecule has 0 saturated heterocycles. The van der Waals surface area contributed by atoms with Crippen molar-refractivity contribution in [2.75, 3.05) is 5.75 Å². The van der Waals surface area contributed by atoms with Crippen molar-refractivity contribution in [2.24, 2.45) is 0 Å². The summed E-state index contributed by atoms with van der Waals surface area (Å²) >= 11 is 1.90. The van der Waals surface area contributed by atoms with E-state index in [0.717, 1.165) is 23.8 Å². The van der Waals surface area contributed by atoms with E-state index in [1.54, 1.807) is 0 Å². The molecule has 1 saturated carbocycles. The number of hydrogen-bond acceptors (Lipinski definition) is 2. The molecule has 0 aromatic heterocycles. The molecule has 1 nitrogen and oxygen atoms in total. The number of fused-ring (bicyclic) bond motifs is 1. The van der Waals surface area contributed by atoms with Gasteiger partial charge in [-0.25, -0.2) is 0 Å². The predicted molar refractivity (Wildman–Crippen MR) is 77.2 cm³/mol. The number of hydrogen-bond donors (Lipinski definition) is 0. The Morgan fingerprint density at radius 2 is 2.00 bits per heavy atom. The Bertz CT molecular complexity index is 434. The molecule has 0 aliphatic heterocycles. The number of ketones is 1. The number of Topliss-reactive ketones (excluding diaryl/α,β-unsaturated/α-hetero) is 1. The van der Waals surface area contributed by atoms with E-state index in [1.165, 1.54) is 36.8 Å². The minimum Gasteiger partial charge on any atom is -0.299 e. The van der Waals surface area contributed by atoms with Crippen molar-refractivity contribution in [2.45, 2.75) is 49.7 Å². The molecule has 0 heterocycles. The van der Waals surface area contributed by atoms with Gasteiger partial charge in [-0.3, -0.25) is 4.79 Å². The van der Waals surface area contributed by atoms with Crippen LogP contribution in [-0.4, -0.2) is 16.8 Å². The quantitative estimate of drug-likeness (QED) is 0.797. The fourth-order valence-electron chi connectivity index (χ4n) is 3.14. The van der Waals surface area contributed by atoms with Gasteiger partial charge in [0.05, 0.1) is 5.75 Å². The molecular weight excluding hydrogens is 240 g/mol. The van der Waals surface area contributed by atoms with E-state index in [2.05, 4.69) is 24.3 Å². The molecule has 96 valence electrons. The third-order valence-electron chi connectivity index (χ3n) is 4.22. The molecule has 1 atom stereocenters. The van der Waals surface area contributed by atoms with Gasteiger partial charge in [-0.15, -0.1) is 0 Å². The highest BCUT2D eigenvalue weighted by molar-refractivity contribution is 8.00. The number of thioether (sulfide) groups is 1. The first kappa shape index (κ1) is 12.3. The normalized spacial score (nSPS) is 22.6. The van der Waals surface area contributed by atoms with E-state index in [0.29, 0.717) is 11.7 Å². The van der Waals surface area contributed by atoms with Crippen LogP contribution < -0.4 is 0 Å². The van der Waals surface area contributed by atoms with Gasteiger partial charge < -0.3 is 0 Å². The summed E-state index contributed by atoms with van der Waals surface area (Å²) in [4.78, 5) is 12.0. The minimum absolute atomic E-state index is 0.450. The average Bonchev–Trinajstić information content (AvgIpc) is 2.87. The van der Waals surface area contributed by atoms with Gasteiger partial charge in [-0.05, 0) is 36.3 Å². The summed E-state index contributed by atoms with van der Waals surface area (Å²) in [5.41, 5.74) is 2.86. The van der Waals surface area contributed by atoms with Crippen LogP contribution in [0.1, 0.15) is 49.1 Å². The Morgan fingerprint density at radius 3 is 2.78 bits per heavy atom. The molecule has 1 aromatic rings. The lowest BCUT2D eigenvalue weighted by Crippen LogP contribution is -2.21. The van der Waals surface area contributed by atoms with Crippen LogP contribution in [0.15, 0.2) is 24.3 Å². The third-order valence-corrected chi connectivity index (χ3v) is 5.65. The maximum atomic E-state index is 12.0. The second-order valence-electron chi connectivity index (χ2n) is 5.56. The molecule has 0 N–H and O–H groups in total. The molecule has 0 amide bonds. The fraction of sp³-hybridized carbons (Fsp3) is 0.562. The average molecular weight is 260 g/mol. The van der Waals surface area contributed by atoms with Crippen molar-refractivity contribution in [3.63, 3.8) is 0 Å². The molecule has 0 bridgehead atoms. The largest absolute Gasteiger partial charge is 0.299 e. The first-order chi connectivity index (χ1) is 8.83. The zero-order valence-electron chi connectivity index (χ0n) is 10.7. The van der Waals surface area contributed by atoms with Crippen LogP contribution in [0.2, 0.25) is 0 Å². The van der Waals surface area contributed by atoms with Gasteiger partial charge in [-0.1, -0.05) is 37.1 Å². The molecule has 0 radical (unpaired) electrons. The number of benzene rings is 1. The van der Waals surface area contributed by atoms with Gasteiger partial charge in [-0.2, -0.15) is 11.8 Å². The van der Waals surface area contributed by atoms with E-state index in [-0.39, 0.29) is 0 Å². The van der Waals surface area contributed by atoms with Crippen molar-refractivity contribution in [1.29, 1.82) is 0 Å².